The summed E-state index contributed by atoms with van der Waals surface area (Å²) in [6, 6.07) is 0. The molecule has 2 N–H and O–H groups in total. The van der Waals surface area contributed by atoms with Crippen molar-refractivity contribution in [1.29, 1.82) is 0 Å². The Morgan fingerprint density at radius 1 is 1.73 bits per heavy atom. The minimum absolute atomic E-state index is 0.370. The molecule has 0 radical (unpaired) electrons. The molecule has 0 bridgehead atoms. The van der Waals surface area contributed by atoms with Crippen molar-refractivity contribution in [2.75, 3.05) is 0 Å². The van der Waals surface area contributed by atoms with Crippen LogP contribution in [0.3, 0.4) is 0 Å². The molecule has 11 heavy (non-hydrogen) atoms. The Morgan fingerprint density at radius 2 is 2.36 bits per heavy atom. The zero-order chi connectivity index (χ0) is 8.69. The first-order valence-corrected chi connectivity index (χ1v) is 3.45. The summed E-state index contributed by atoms with van der Waals surface area (Å²) in [6.07, 6.45) is 3.46. The highest BCUT2D eigenvalue weighted by atomic mass is 16.6. The van der Waals surface area contributed by atoms with Crippen molar-refractivity contribution < 1.29 is 9.53 Å². The lowest BCUT2D eigenvalue weighted by Gasteiger charge is -1.98. The molecule has 0 saturated heterocycles. The Kier molecular flexibility index (Phi) is 4.81. The molecular weight excluding hydrogens is 144 g/mol. The molecule has 0 aromatic carbocycles. The van der Waals surface area contributed by atoms with Gasteiger partial charge in [-0.05, 0) is 6.08 Å². The number of rotatable bonds is 1. The fraction of sp³-hybridized carbons (Fsp3) is 0.429. The minimum Gasteiger partial charge on any atom is -0.433 e. The molecule has 1 unspecified atom stereocenters. The highest BCUT2D eigenvalue weighted by molar-refractivity contribution is 5.84. The summed E-state index contributed by atoms with van der Waals surface area (Å²) >= 11 is 0. The van der Waals surface area contributed by atoms with Crippen LogP contribution < -0.4 is 5.73 Å². The number of cyclic esters (lactones) is 1. The van der Waals surface area contributed by atoms with Gasteiger partial charge in [0.15, 0.2) is 0 Å². The Hall–Kier alpha value is -1.32. The molecule has 62 valence electrons. The molecule has 1 aliphatic rings. The summed E-state index contributed by atoms with van der Waals surface area (Å²) < 4.78 is 4.57. The van der Waals surface area contributed by atoms with Crippen molar-refractivity contribution in [1.82, 2.24) is 0 Å². The standard InChI is InChI=1S/C5H6N2O2.C2H6/c6-3-7-4-1-2-5(8)9-4;1-2/h1-4H,(H2,6,7);1-2H3. The SMILES string of the molecule is CC.NC=NC1C=CC(=O)O1. The lowest BCUT2D eigenvalue weighted by molar-refractivity contribution is -0.138. The van der Waals surface area contributed by atoms with E-state index in [9.17, 15) is 4.79 Å². The quantitative estimate of drug-likeness (QED) is 0.340. The van der Waals surface area contributed by atoms with E-state index in [-0.39, 0.29) is 5.97 Å². The number of carbonyl (C=O) groups excluding carboxylic acids is 1. The average molecular weight is 156 g/mol. The summed E-state index contributed by atoms with van der Waals surface area (Å²) in [7, 11) is 0. The van der Waals surface area contributed by atoms with Gasteiger partial charge in [0, 0.05) is 6.08 Å². The van der Waals surface area contributed by atoms with Crippen LogP contribution >= 0.6 is 0 Å². The van der Waals surface area contributed by atoms with E-state index in [1.807, 2.05) is 13.8 Å². The highest BCUT2D eigenvalue weighted by Crippen LogP contribution is 2.04. The molecule has 0 spiro atoms. The molecule has 0 amide bonds. The van der Waals surface area contributed by atoms with Crippen molar-refractivity contribution in [3.05, 3.63) is 12.2 Å². The van der Waals surface area contributed by atoms with Crippen molar-refractivity contribution in [3.63, 3.8) is 0 Å². The molecule has 1 atom stereocenters. The van der Waals surface area contributed by atoms with E-state index in [1.165, 1.54) is 12.2 Å². The molecule has 4 nitrogen and oxygen atoms in total. The largest absolute Gasteiger partial charge is 0.433 e. The molecule has 0 aromatic heterocycles. The number of aliphatic imine (C=N–C) groups is 1. The maximum atomic E-state index is 10.3. The summed E-state index contributed by atoms with van der Waals surface area (Å²) in [4.78, 5) is 13.9. The van der Waals surface area contributed by atoms with E-state index in [2.05, 4.69) is 9.73 Å². The van der Waals surface area contributed by atoms with Gasteiger partial charge >= 0.3 is 5.97 Å². The van der Waals surface area contributed by atoms with E-state index in [4.69, 9.17) is 5.73 Å². The van der Waals surface area contributed by atoms with Gasteiger partial charge in [-0.3, -0.25) is 0 Å². The monoisotopic (exact) mass is 156 g/mol. The van der Waals surface area contributed by atoms with Gasteiger partial charge in [-0.25, -0.2) is 9.79 Å². The topological polar surface area (TPSA) is 64.7 Å². The van der Waals surface area contributed by atoms with Gasteiger partial charge < -0.3 is 10.5 Å². The molecule has 1 heterocycles. The second kappa shape index (κ2) is 5.46. The van der Waals surface area contributed by atoms with E-state index in [0.717, 1.165) is 6.34 Å². The van der Waals surface area contributed by atoms with Crippen LogP contribution in [0.4, 0.5) is 0 Å². The fourth-order valence-corrected chi connectivity index (χ4v) is 0.523. The second-order valence-electron chi connectivity index (χ2n) is 1.48. The third kappa shape index (κ3) is 3.40. The smallest absolute Gasteiger partial charge is 0.332 e. The van der Waals surface area contributed by atoms with Crippen LogP contribution in [0.1, 0.15) is 13.8 Å². The van der Waals surface area contributed by atoms with Crippen LogP contribution in [0, 0.1) is 0 Å². The first kappa shape index (κ1) is 9.68. The van der Waals surface area contributed by atoms with Crippen LogP contribution in [0.5, 0.6) is 0 Å². The maximum absolute atomic E-state index is 10.3. The van der Waals surface area contributed by atoms with Crippen molar-refractivity contribution in [2.24, 2.45) is 10.7 Å². The van der Waals surface area contributed by atoms with E-state index in [0.29, 0.717) is 0 Å². The fourth-order valence-electron chi connectivity index (χ4n) is 0.523. The summed E-state index contributed by atoms with van der Waals surface area (Å²) in [6.45, 7) is 4.00. The molecule has 0 aliphatic carbocycles. The third-order valence-electron chi connectivity index (χ3n) is 0.867. The summed E-state index contributed by atoms with van der Waals surface area (Å²) in [5.74, 6) is -0.370. The van der Waals surface area contributed by atoms with Gasteiger partial charge in [0.1, 0.15) is 0 Å². The number of ether oxygens (including phenoxy) is 1. The molecule has 0 fully saturated rings. The molecule has 0 aromatic rings. The van der Waals surface area contributed by atoms with Crippen LogP contribution in [0.15, 0.2) is 17.1 Å². The van der Waals surface area contributed by atoms with Crippen LogP contribution in [0.2, 0.25) is 0 Å². The average Bonchev–Trinajstić information content (AvgIpc) is 2.41. The normalized spacial score (nSPS) is 21.3. The Labute approximate surface area is 65.7 Å². The Balaban J connectivity index is 0.000000461. The summed E-state index contributed by atoms with van der Waals surface area (Å²) in [5, 5.41) is 0. The number of hydrogen-bond donors (Lipinski definition) is 1. The van der Waals surface area contributed by atoms with Crippen molar-refractivity contribution in [3.8, 4) is 0 Å². The number of hydrogen-bond acceptors (Lipinski definition) is 3. The lowest BCUT2D eigenvalue weighted by atomic mass is 10.5. The van der Waals surface area contributed by atoms with Gasteiger partial charge in [-0.1, -0.05) is 13.8 Å². The molecule has 1 rings (SSSR count). The highest BCUT2D eigenvalue weighted by Gasteiger charge is 2.12. The molecule has 4 heteroatoms. The van der Waals surface area contributed by atoms with Gasteiger partial charge in [0.2, 0.25) is 6.23 Å². The Bertz CT molecular complexity index is 175. The molecule has 0 saturated carbocycles. The van der Waals surface area contributed by atoms with Gasteiger partial charge in [-0.2, -0.15) is 0 Å². The van der Waals surface area contributed by atoms with Gasteiger partial charge in [-0.15, -0.1) is 0 Å². The maximum Gasteiger partial charge on any atom is 0.332 e. The van der Waals surface area contributed by atoms with Crippen molar-refractivity contribution in [2.45, 2.75) is 20.1 Å². The number of carbonyl (C=O) groups is 1. The van der Waals surface area contributed by atoms with Crippen LogP contribution in [0.25, 0.3) is 0 Å². The summed E-state index contributed by atoms with van der Waals surface area (Å²) in [5.41, 5.74) is 4.94. The zero-order valence-corrected chi connectivity index (χ0v) is 6.65. The number of nitrogens with zero attached hydrogens (tertiary/aromatic N) is 1. The first-order valence-electron chi connectivity index (χ1n) is 3.45. The molecule has 1 aliphatic heterocycles. The van der Waals surface area contributed by atoms with E-state index >= 15 is 0 Å². The third-order valence-corrected chi connectivity index (χ3v) is 0.867. The zero-order valence-electron chi connectivity index (χ0n) is 6.65. The van der Waals surface area contributed by atoms with Crippen LogP contribution in [-0.2, 0) is 9.53 Å². The second-order valence-corrected chi connectivity index (χ2v) is 1.48. The predicted molar refractivity (Wildman–Crippen MR) is 43.0 cm³/mol. The minimum atomic E-state index is -0.498. The predicted octanol–water partition coefficient (Wildman–Crippen LogP) is 0.439. The molecular formula is C7H12N2O2. The van der Waals surface area contributed by atoms with Crippen LogP contribution in [-0.4, -0.2) is 18.5 Å². The van der Waals surface area contributed by atoms with E-state index in [1.54, 1.807) is 0 Å². The number of nitrogens with two attached hydrogens (primary N) is 1. The Morgan fingerprint density at radius 3 is 2.73 bits per heavy atom. The van der Waals surface area contributed by atoms with Crippen molar-refractivity contribution >= 4 is 12.3 Å². The first-order chi connectivity index (χ1) is 5.33. The lowest BCUT2D eigenvalue weighted by Crippen LogP contribution is -2.06. The van der Waals surface area contributed by atoms with Gasteiger partial charge in [0.25, 0.3) is 0 Å². The van der Waals surface area contributed by atoms with E-state index < -0.39 is 6.23 Å². The van der Waals surface area contributed by atoms with Gasteiger partial charge in [0.05, 0.1) is 6.34 Å². The number of esters is 1.